The zero-order chi connectivity index (χ0) is 23.8. The summed E-state index contributed by atoms with van der Waals surface area (Å²) in [6.07, 6.45) is 3.25. The number of imidazole rings is 1. The van der Waals surface area contributed by atoms with E-state index in [1.165, 1.54) is 0 Å². The summed E-state index contributed by atoms with van der Waals surface area (Å²) < 4.78 is 0. The number of amides is 2. The number of rotatable bonds is 8. The van der Waals surface area contributed by atoms with Crippen LogP contribution >= 0.6 is 0 Å². The lowest BCUT2D eigenvalue weighted by Gasteiger charge is -2.07. The van der Waals surface area contributed by atoms with E-state index < -0.39 is 0 Å². The van der Waals surface area contributed by atoms with Gasteiger partial charge in [-0.1, -0.05) is 92.6 Å². The van der Waals surface area contributed by atoms with E-state index in [2.05, 4.69) is 22.8 Å². The number of carbonyl (C=O) groups excluding carboxylic acids is 2. The molecule has 0 bridgehead atoms. The summed E-state index contributed by atoms with van der Waals surface area (Å²) >= 11 is 0. The number of H-pyrrole nitrogens is 1. The van der Waals surface area contributed by atoms with Gasteiger partial charge in [-0.05, 0) is 18.6 Å². The van der Waals surface area contributed by atoms with Gasteiger partial charge < -0.3 is 4.98 Å². The van der Waals surface area contributed by atoms with Gasteiger partial charge in [0.1, 0.15) is 5.82 Å². The van der Waals surface area contributed by atoms with Crippen molar-refractivity contribution >= 4 is 11.8 Å². The Morgan fingerprint density at radius 1 is 0.765 bits per heavy atom. The highest BCUT2D eigenvalue weighted by Crippen LogP contribution is 2.32. The van der Waals surface area contributed by atoms with Gasteiger partial charge in [0.15, 0.2) is 0 Å². The number of aromatic nitrogens is 2. The highest BCUT2D eigenvalue weighted by Gasteiger charge is 2.15. The van der Waals surface area contributed by atoms with E-state index in [-0.39, 0.29) is 11.8 Å². The third kappa shape index (κ3) is 5.59. The lowest BCUT2D eigenvalue weighted by Crippen LogP contribution is -2.41. The Morgan fingerprint density at radius 2 is 1.41 bits per heavy atom. The Hall–Kier alpha value is -4.19. The maximum Gasteiger partial charge on any atom is 0.269 e. The molecule has 0 saturated carbocycles. The first-order valence-electron chi connectivity index (χ1n) is 11.6. The van der Waals surface area contributed by atoms with Crippen molar-refractivity contribution in [2.75, 3.05) is 0 Å². The second kappa shape index (κ2) is 11.1. The SMILES string of the molecule is CCCCCC(=O)NNC(=O)c1ccc(-c2nc(-c3ccccc3)c(-c3ccccc3)[nH]2)cc1. The van der Waals surface area contributed by atoms with Crippen molar-refractivity contribution < 1.29 is 9.59 Å². The van der Waals surface area contributed by atoms with Crippen molar-refractivity contribution in [2.45, 2.75) is 32.6 Å². The third-order valence-electron chi connectivity index (χ3n) is 5.56. The molecule has 0 spiro atoms. The zero-order valence-corrected chi connectivity index (χ0v) is 19.2. The molecule has 1 aromatic heterocycles. The molecular formula is C28H28N4O2. The van der Waals surface area contributed by atoms with Gasteiger partial charge in [0.05, 0.1) is 11.4 Å². The van der Waals surface area contributed by atoms with Crippen LogP contribution in [0.1, 0.15) is 43.0 Å². The molecule has 0 atom stereocenters. The van der Waals surface area contributed by atoms with E-state index in [9.17, 15) is 9.59 Å². The van der Waals surface area contributed by atoms with E-state index in [1.807, 2.05) is 72.8 Å². The molecular weight excluding hydrogens is 424 g/mol. The van der Waals surface area contributed by atoms with Crippen LogP contribution in [0.5, 0.6) is 0 Å². The molecule has 3 N–H and O–H groups in total. The molecule has 3 aromatic carbocycles. The number of hydrogen-bond donors (Lipinski definition) is 3. The molecule has 34 heavy (non-hydrogen) atoms. The van der Waals surface area contributed by atoms with Crippen molar-refractivity contribution in [3.63, 3.8) is 0 Å². The van der Waals surface area contributed by atoms with Crippen LogP contribution in [0.2, 0.25) is 0 Å². The van der Waals surface area contributed by atoms with Gasteiger partial charge in [-0.25, -0.2) is 4.98 Å². The minimum atomic E-state index is -0.357. The largest absolute Gasteiger partial charge is 0.337 e. The molecule has 0 unspecified atom stereocenters. The minimum Gasteiger partial charge on any atom is -0.337 e. The number of hydrogen-bond acceptors (Lipinski definition) is 3. The number of nitrogens with zero attached hydrogens (tertiary/aromatic N) is 1. The van der Waals surface area contributed by atoms with Crippen LogP contribution in [0.4, 0.5) is 0 Å². The molecule has 0 aliphatic rings. The monoisotopic (exact) mass is 452 g/mol. The molecule has 1 heterocycles. The van der Waals surface area contributed by atoms with Gasteiger partial charge in [-0.2, -0.15) is 0 Å². The van der Waals surface area contributed by atoms with Crippen LogP contribution in [-0.4, -0.2) is 21.8 Å². The van der Waals surface area contributed by atoms with Crippen molar-refractivity contribution in [1.82, 2.24) is 20.8 Å². The molecule has 6 heteroatoms. The Kier molecular flexibility index (Phi) is 7.50. The lowest BCUT2D eigenvalue weighted by atomic mass is 10.1. The maximum atomic E-state index is 12.4. The highest BCUT2D eigenvalue weighted by molar-refractivity contribution is 5.95. The van der Waals surface area contributed by atoms with Crippen LogP contribution in [0, 0.1) is 0 Å². The quantitative estimate of drug-likeness (QED) is 0.235. The first-order valence-corrected chi connectivity index (χ1v) is 11.6. The summed E-state index contributed by atoms with van der Waals surface area (Å²) in [5.41, 5.74) is 10.1. The first kappa shape index (κ1) is 23.0. The Labute approximate surface area is 199 Å². The van der Waals surface area contributed by atoms with Crippen molar-refractivity contribution in [2.24, 2.45) is 0 Å². The minimum absolute atomic E-state index is 0.184. The molecule has 0 radical (unpaired) electrons. The predicted octanol–water partition coefficient (Wildman–Crippen LogP) is 5.75. The Morgan fingerprint density at radius 3 is 2.06 bits per heavy atom. The van der Waals surface area contributed by atoms with Gasteiger partial charge in [-0.3, -0.25) is 20.4 Å². The average molecular weight is 453 g/mol. The molecule has 6 nitrogen and oxygen atoms in total. The zero-order valence-electron chi connectivity index (χ0n) is 19.2. The number of hydrazine groups is 1. The molecule has 0 fully saturated rings. The van der Waals surface area contributed by atoms with E-state index in [0.717, 1.165) is 47.3 Å². The van der Waals surface area contributed by atoms with Crippen molar-refractivity contribution in [1.29, 1.82) is 0 Å². The molecule has 0 saturated heterocycles. The van der Waals surface area contributed by atoms with Gasteiger partial charge in [-0.15, -0.1) is 0 Å². The topological polar surface area (TPSA) is 86.9 Å². The number of carbonyl (C=O) groups is 2. The molecule has 4 aromatic rings. The summed E-state index contributed by atoms with van der Waals surface area (Å²) in [5.74, 6) is 0.176. The molecule has 0 aliphatic heterocycles. The summed E-state index contributed by atoms with van der Waals surface area (Å²) in [6, 6.07) is 27.3. The van der Waals surface area contributed by atoms with Gasteiger partial charge in [0.2, 0.25) is 5.91 Å². The third-order valence-corrected chi connectivity index (χ3v) is 5.56. The van der Waals surface area contributed by atoms with Crippen LogP contribution in [0.25, 0.3) is 33.9 Å². The molecule has 4 rings (SSSR count). The molecule has 172 valence electrons. The van der Waals surface area contributed by atoms with Crippen LogP contribution in [-0.2, 0) is 4.79 Å². The van der Waals surface area contributed by atoms with E-state index >= 15 is 0 Å². The van der Waals surface area contributed by atoms with Crippen LogP contribution in [0.15, 0.2) is 84.9 Å². The number of unbranched alkanes of at least 4 members (excludes halogenated alkanes) is 2. The Balaban J connectivity index is 1.52. The van der Waals surface area contributed by atoms with Gasteiger partial charge in [0.25, 0.3) is 5.91 Å². The fraction of sp³-hybridized carbons (Fsp3) is 0.179. The fourth-order valence-electron chi connectivity index (χ4n) is 3.70. The standard InChI is InChI=1S/C28H28N4O2/c1-2-3-6-15-24(33)31-32-28(34)23-18-16-22(17-19-23)27-29-25(20-11-7-4-8-12-20)26(30-27)21-13-9-5-10-14-21/h4-5,7-14,16-19H,2-3,6,15H2,1H3,(H,29,30)(H,31,33)(H,32,34). The summed E-state index contributed by atoms with van der Waals surface area (Å²) in [7, 11) is 0. The predicted molar refractivity (Wildman–Crippen MR) is 135 cm³/mol. The van der Waals surface area contributed by atoms with Crippen LogP contribution in [0.3, 0.4) is 0 Å². The average Bonchev–Trinajstić information content (AvgIpc) is 3.34. The number of benzene rings is 3. The molecule has 0 aliphatic carbocycles. The summed E-state index contributed by atoms with van der Waals surface area (Å²) in [5, 5.41) is 0. The van der Waals surface area contributed by atoms with E-state index in [4.69, 9.17) is 4.98 Å². The first-order chi connectivity index (χ1) is 16.7. The van der Waals surface area contributed by atoms with E-state index in [1.54, 1.807) is 12.1 Å². The second-order valence-electron chi connectivity index (χ2n) is 8.08. The van der Waals surface area contributed by atoms with Gasteiger partial charge in [0, 0.05) is 28.7 Å². The lowest BCUT2D eigenvalue weighted by molar-refractivity contribution is -0.121. The summed E-state index contributed by atoms with van der Waals surface area (Å²) in [4.78, 5) is 32.6. The smallest absolute Gasteiger partial charge is 0.269 e. The summed E-state index contributed by atoms with van der Waals surface area (Å²) in [6.45, 7) is 2.08. The number of aromatic amines is 1. The fourth-order valence-corrected chi connectivity index (χ4v) is 3.70. The van der Waals surface area contributed by atoms with Crippen LogP contribution < -0.4 is 10.9 Å². The normalized spacial score (nSPS) is 10.6. The van der Waals surface area contributed by atoms with Crippen molar-refractivity contribution in [3.05, 3.63) is 90.5 Å². The Bertz CT molecular complexity index is 1180. The number of nitrogens with one attached hydrogen (secondary N) is 3. The van der Waals surface area contributed by atoms with E-state index in [0.29, 0.717) is 17.8 Å². The molecule has 2 amide bonds. The highest BCUT2D eigenvalue weighted by atomic mass is 16.2. The second-order valence-corrected chi connectivity index (χ2v) is 8.08. The maximum absolute atomic E-state index is 12.4. The van der Waals surface area contributed by atoms with Gasteiger partial charge >= 0.3 is 0 Å². The van der Waals surface area contributed by atoms with Crippen molar-refractivity contribution in [3.8, 4) is 33.9 Å².